The third-order valence-electron chi connectivity index (χ3n) is 2.94. The minimum absolute atomic E-state index is 0.215. The van der Waals surface area contributed by atoms with Crippen molar-refractivity contribution in [2.75, 3.05) is 0 Å². The predicted octanol–water partition coefficient (Wildman–Crippen LogP) is 3.34. The first-order valence-electron chi connectivity index (χ1n) is 6.58. The van der Waals surface area contributed by atoms with E-state index in [1.54, 1.807) is 24.3 Å². The summed E-state index contributed by atoms with van der Waals surface area (Å²) in [7, 11) is 0. The Morgan fingerprint density at radius 2 is 1.52 bits per heavy atom. The number of alkyl halides is 2. The average molecular weight is 323 g/mol. The number of nitrogens with one attached hydrogen (secondary N) is 2. The van der Waals surface area contributed by atoms with E-state index in [0.717, 1.165) is 5.56 Å². The fourth-order valence-electron chi connectivity index (χ4n) is 1.84. The molecule has 1 amide bonds. The number of halogens is 2. The van der Waals surface area contributed by atoms with Gasteiger partial charge in [-0.2, -0.15) is 0 Å². The second-order valence-electron chi connectivity index (χ2n) is 4.52. The molecule has 2 aromatic rings. The maximum absolute atomic E-state index is 12.1. The lowest BCUT2D eigenvalue weighted by Crippen LogP contribution is -2.49. The van der Waals surface area contributed by atoms with Gasteiger partial charge in [0.15, 0.2) is 0 Å². The minimum atomic E-state index is -0.749. The molecule has 0 aromatic heterocycles. The van der Waals surface area contributed by atoms with Gasteiger partial charge in [0.1, 0.15) is 11.0 Å². The van der Waals surface area contributed by atoms with Crippen LogP contribution in [-0.4, -0.2) is 16.9 Å². The smallest absolute Gasteiger partial charge is 0.252 e. The molecule has 0 heterocycles. The Bertz CT molecular complexity index is 561. The molecular weight excluding hydrogens is 307 g/mol. The number of carbonyl (C=O) groups is 1. The molecule has 0 saturated heterocycles. The van der Waals surface area contributed by atoms with Crippen LogP contribution in [0, 0.1) is 0 Å². The highest BCUT2D eigenvalue weighted by molar-refractivity contribution is 6.44. The molecule has 2 N–H and O–H groups in total. The Morgan fingerprint density at radius 3 is 2.10 bits per heavy atom. The summed E-state index contributed by atoms with van der Waals surface area (Å²) in [4.78, 5) is 11.4. The summed E-state index contributed by atoms with van der Waals surface area (Å²) in [6.45, 7) is 0.566. The summed E-state index contributed by atoms with van der Waals surface area (Å²) >= 11 is 11.9. The van der Waals surface area contributed by atoms with Gasteiger partial charge < -0.3 is 5.32 Å². The second kappa shape index (κ2) is 8.03. The Hall–Kier alpha value is -1.55. The molecule has 3 nitrogen and oxygen atoms in total. The fraction of sp³-hybridized carbons (Fsp3) is 0.188. The van der Waals surface area contributed by atoms with Crippen molar-refractivity contribution >= 4 is 29.1 Å². The highest BCUT2D eigenvalue weighted by Gasteiger charge is 2.19. The van der Waals surface area contributed by atoms with Crippen LogP contribution in [0.4, 0.5) is 0 Å². The van der Waals surface area contributed by atoms with E-state index in [0.29, 0.717) is 12.1 Å². The molecule has 0 aliphatic carbocycles. The van der Waals surface area contributed by atoms with Gasteiger partial charge in [0.05, 0.1) is 0 Å². The third kappa shape index (κ3) is 5.05. The largest absolute Gasteiger partial charge is 0.334 e. The third-order valence-corrected chi connectivity index (χ3v) is 3.45. The summed E-state index contributed by atoms with van der Waals surface area (Å²) in [6, 6.07) is 18.8. The lowest BCUT2D eigenvalue weighted by atomic mass is 10.2. The molecule has 0 bridgehead atoms. The van der Waals surface area contributed by atoms with Crippen molar-refractivity contribution < 1.29 is 4.79 Å². The van der Waals surface area contributed by atoms with Crippen molar-refractivity contribution in [3.63, 3.8) is 0 Å². The van der Waals surface area contributed by atoms with Gasteiger partial charge in [0, 0.05) is 12.1 Å². The van der Waals surface area contributed by atoms with Crippen molar-refractivity contribution in [2.45, 2.75) is 17.5 Å². The van der Waals surface area contributed by atoms with Gasteiger partial charge in [0.25, 0.3) is 5.91 Å². The molecule has 0 fully saturated rings. The van der Waals surface area contributed by atoms with E-state index in [9.17, 15) is 4.79 Å². The second-order valence-corrected chi connectivity index (χ2v) is 5.68. The Kier molecular flexibility index (Phi) is 6.05. The van der Waals surface area contributed by atoms with Gasteiger partial charge in [-0.3, -0.25) is 10.1 Å². The molecule has 21 heavy (non-hydrogen) atoms. The standard InChI is InChI=1S/C16H16Cl2N2O/c17-14(18)15(19-11-12-7-3-1-4-8-12)20-16(21)13-9-5-2-6-10-13/h1-10,14-15,19H,11H2,(H,20,21)/t15-/m0/s1. The quantitative estimate of drug-likeness (QED) is 0.632. The van der Waals surface area contributed by atoms with E-state index < -0.39 is 11.0 Å². The topological polar surface area (TPSA) is 41.1 Å². The van der Waals surface area contributed by atoms with Crippen LogP contribution in [0.1, 0.15) is 15.9 Å². The Morgan fingerprint density at radius 1 is 0.952 bits per heavy atom. The van der Waals surface area contributed by atoms with Crippen LogP contribution in [0.2, 0.25) is 0 Å². The molecular formula is C16H16Cl2N2O. The van der Waals surface area contributed by atoms with E-state index in [1.165, 1.54) is 0 Å². The molecule has 0 radical (unpaired) electrons. The number of amides is 1. The van der Waals surface area contributed by atoms with Crippen LogP contribution in [0.3, 0.4) is 0 Å². The van der Waals surface area contributed by atoms with Crippen molar-refractivity contribution in [1.29, 1.82) is 0 Å². The first-order chi connectivity index (χ1) is 10.2. The van der Waals surface area contributed by atoms with Gasteiger partial charge in [-0.05, 0) is 17.7 Å². The summed E-state index contributed by atoms with van der Waals surface area (Å²) in [5.41, 5.74) is 1.66. The first kappa shape index (κ1) is 15.8. The average Bonchev–Trinajstić information content (AvgIpc) is 2.52. The molecule has 0 saturated carbocycles. The van der Waals surface area contributed by atoms with E-state index >= 15 is 0 Å². The Balaban J connectivity index is 1.95. The fourth-order valence-corrected chi connectivity index (χ4v) is 2.15. The van der Waals surface area contributed by atoms with E-state index in [1.807, 2.05) is 36.4 Å². The Labute approximate surface area is 134 Å². The van der Waals surface area contributed by atoms with Crippen LogP contribution in [0.25, 0.3) is 0 Å². The molecule has 5 heteroatoms. The predicted molar refractivity (Wildman–Crippen MR) is 86.5 cm³/mol. The maximum Gasteiger partial charge on any atom is 0.252 e. The van der Waals surface area contributed by atoms with Crippen molar-refractivity contribution in [3.8, 4) is 0 Å². The molecule has 0 aliphatic heterocycles. The molecule has 1 atom stereocenters. The maximum atomic E-state index is 12.1. The highest BCUT2D eigenvalue weighted by Crippen LogP contribution is 2.09. The van der Waals surface area contributed by atoms with Crippen LogP contribution < -0.4 is 10.6 Å². The summed E-state index contributed by atoms with van der Waals surface area (Å²) in [5.74, 6) is -0.215. The van der Waals surface area contributed by atoms with Crippen molar-refractivity contribution in [3.05, 3.63) is 71.8 Å². The van der Waals surface area contributed by atoms with Crippen LogP contribution in [-0.2, 0) is 6.54 Å². The normalized spacial score (nSPS) is 12.1. The van der Waals surface area contributed by atoms with Gasteiger partial charge >= 0.3 is 0 Å². The zero-order chi connectivity index (χ0) is 15.1. The molecule has 2 rings (SSSR count). The molecule has 0 aliphatic rings. The summed E-state index contributed by atoms with van der Waals surface area (Å²) in [5, 5.41) is 5.93. The molecule has 110 valence electrons. The van der Waals surface area contributed by atoms with Crippen LogP contribution in [0.5, 0.6) is 0 Å². The summed E-state index contributed by atoms with van der Waals surface area (Å²) < 4.78 is 0. The van der Waals surface area contributed by atoms with Crippen molar-refractivity contribution in [2.24, 2.45) is 0 Å². The molecule has 0 spiro atoms. The lowest BCUT2D eigenvalue weighted by Gasteiger charge is -2.21. The van der Waals surface area contributed by atoms with E-state index in [-0.39, 0.29) is 5.91 Å². The monoisotopic (exact) mass is 322 g/mol. The van der Waals surface area contributed by atoms with Crippen molar-refractivity contribution in [1.82, 2.24) is 10.6 Å². The molecule has 2 aromatic carbocycles. The zero-order valence-corrected chi connectivity index (χ0v) is 12.8. The number of hydrogen-bond acceptors (Lipinski definition) is 2. The van der Waals surface area contributed by atoms with Crippen LogP contribution >= 0.6 is 23.2 Å². The minimum Gasteiger partial charge on any atom is -0.334 e. The lowest BCUT2D eigenvalue weighted by molar-refractivity contribution is 0.0931. The number of hydrogen-bond donors (Lipinski definition) is 2. The van der Waals surface area contributed by atoms with Gasteiger partial charge in [-0.15, -0.1) is 23.2 Å². The molecule has 0 unspecified atom stereocenters. The van der Waals surface area contributed by atoms with Gasteiger partial charge in [-0.25, -0.2) is 0 Å². The summed E-state index contributed by atoms with van der Waals surface area (Å²) in [6.07, 6.45) is -0.527. The first-order valence-corrected chi connectivity index (χ1v) is 7.45. The van der Waals surface area contributed by atoms with E-state index in [2.05, 4.69) is 10.6 Å². The van der Waals surface area contributed by atoms with E-state index in [4.69, 9.17) is 23.2 Å². The van der Waals surface area contributed by atoms with Gasteiger partial charge in [0.2, 0.25) is 0 Å². The van der Waals surface area contributed by atoms with Gasteiger partial charge in [-0.1, -0.05) is 48.5 Å². The highest BCUT2D eigenvalue weighted by atomic mass is 35.5. The van der Waals surface area contributed by atoms with Crippen LogP contribution in [0.15, 0.2) is 60.7 Å². The number of rotatable bonds is 6. The number of carbonyl (C=O) groups excluding carboxylic acids is 1. The SMILES string of the molecule is O=C(N[C@H](NCc1ccccc1)C(Cl)Cl)c1ccccc1. The number of benzene rings is 2. The zero-order valence-electron chi connectivity index (χ0n) is 11.3.